The number of rotatable bonds is 4. The monoisotopic (exact) mass is 334 g/mol. The highest BCUT2D eigenvalue weighted by molar-refractivity contribution is 9.10. The van der Waals surface area contributed by atoms with Crippen LogP contribution in [0.25, 0.3) is 0 Å². The van der Waals surface area contributed by atoms with Crippen LogP contribution in [-0.4, -0.2) is 16.9 Å². The van der Waals surface area contributed by atoms with Gasteiger partial charge in [-0.25, -0.2) is 0 Å². The van der Waals surface area contributed by atoms with Crippen molar-refractivity contribution in [3.8, 4) is 0 Å². The van der Waals surface area contributed by atoms with Crippen molar-refractivity contribution in [1.29, 1.82) is 0 Å². The van der Waals surface area contributed by atoms with Gasteiger partial charge in [-0.2, -0.15) is 0 Å². The fourth-order valence-electron chi connectivity index (χ4n) is 1.30. The molecule has 17 heavy (non-hydrogen) atoms. The molecule has 1 rings (SSSR count). The second kappa shape index (κ2) is 6.33. The minimum absolute atomic E-state index is 0.0885. The van der Waals surface area contributed by atoms with Gasteiger partial charge >= 0.3 is 0 Å². The van der Waals surface area contributed by atoms with Crippen LogP contribution in [0.5, 0.6) is 0 Å². The quantitative estimate of drug-likeness (QED) is 0.832. The minimum Gasteiger partial charge on any atom is -0.393 e. The largest absolute Gasteiger partial charge is 0.393 e. The van der Waals surface area contributed by atoms with Crippen molar-refractivity contribution in [2.24, 2.45) is 5.73 Å². The van der Waals surface area contributed by atoms with Gasteiger partial charge in [0.05, 0.1) is 10.0 Å². The number of carbonyl (C=O) groups is 1. The van der Waals surface area contributed by atoms with Gasteiger partial charge in [-0.05, 0) is 41.1 Å². The maximum Gasteiger partial charge on any atom is 0.251 e. The first-order chi connectivity index (χ1) is 7.90. The van der Waals surface area contributed by atoms with E-state index in [9.17, 15) is 4.79 Å². The van der Waals surface area contributed by atoms with E-state index in [0.29, 0.717) is 26.5 Å². The van der Waals surface area contributed by atoms with E-state index < -0.39 is 0 Å². The minimum atomic E-state index is -0.175. The summed E-state index contributed by atoms with van der Waals surface area (Å²) in [4.78, 5) is 12.2. The summed E-state index contributed by atoms with van der Waals surface area (Å²) in [6.45, 7) is 1.85. The molecule has 0 radical (unpaired) electrons. The predicted molar refractivity (Wildman–Crippen MR) is 77.5 cm³/mol. The van der Waals surface area contributed by atoms with Gasteiger partial charge in [0, 0.05) is 22.5 Å². The van der Waals surface area contributed by atoms with Crippen molar-refractivity contribution in [3.05, 3.63) is 33.3 Å². The van der Waals surface area contributed by atoms with Crippen LogP contribution in [0.4, 0.5) is 0 Å². The molecule has 3 nitrogen and oxygen atoms in total. The fraction of sp³-hybridized carbons (Fsp3) is 0.273. The van der Waals surface area contributed by atoms with E-state index in [1.807, 2.05) is 6.92 Å². The van der Waals surface area contributed by atoms with Crippen LogP contribution < -0.4 is 11.1 Å². The van der Waals surface area contributed by atoms with Crippen LogP contribution in [0.15, 0.2) is 22.7 Å². The molecular weight excluding hydrogens is 324 g/mol. The second-order valence-electron chi connectivity index (χ2n) is 3.67. The number of carbonyl (C=O) groups excluding carboxylic acids is 1. The molecule has 0 bridgehead atoms. The maximum absolute atomic E-state index is 11.8. The number of halogens is 2. The van der Waals surface area contributed by atoms with Crippen LogP contribution in [0.3, 0.4) is 0 Å². The summed E-state index contributed by atoms with van der Waals surface area (Å²) in [5, 5.41) is 3.37. The standard InChI is InChI=1S/C11H12BrClN2OS/c1-6(4-10(14)17)15-11(16)7-2-3-9(13)8(12)5-7/h2-3,5-6H,4H2,1H3,(H2,14,17)(H,15,16). The zero-order valence-corrected chi connectivity index (χ0v) is 12.3. The van der Waals surface area contributed by atoms with E-state index in [-0.39, 0.29) is 11.9 Å². The smallest absolute Gasteiger partial charge is 0.251 e. The molecule has 1 aromatic rings. The zero-order chi connectivity index (χ0) is 13.0. The molecule has 0 aliphatic rings. The average molecular weight is 336 g/mol. The Labute approximate surface area is 119 Å². The van der Waals surface area contributed by atoms with E-state index in [1.165, 1.54) is 0 Å². The highest BCUT2D eigenvalue weighted by Gasteiger charge is 2.11. The van der Waals surface area contributed by atoms with Crippen LogP contribution in [-0.2, 0) is 0 Å². The lowest BCUT2D eigenvalue weighted by atomic mass is 10.2. The van der Waals surface area contributed by atoms with E-state index in [1.54, 1.807) is 18.2 Å². The van der Waals surface area contributed by atoms with Gasteiger partial charge in [0.2, 0.25) is 0 Å². The Morgan fingerprint density at radius 1 is 1.65 bits per heavy atom. The third-order valence-electron chi connectivity index (χ3n) is 2.07. The van der Waals surface area contributed by atoms with Crippen molar-refractivity contribution in [1.82, 2.24) is 5.32 Å². The lowest BCUT2D eigenvalue weighted by Gasteiger charge is -2.13. The average Bonchev–Trinajstić information content (AvgIpc) is 2.20. The summed E-state index contributed by atoms with van der Waals surface area (Å²) in [6.07, 6.45) is 0.482. The van der Waals surface area contributed by atoms with Crippen molar-refractivity contribution < 1.29 is 4.79 Å². The topological polar surface area (TPSA) is 55.1 Å². The summed E-state index contributed by atoms with van der Waals surface area (Å²) in [5.41, 5.74) is 5.94. The molecule has 1 unspecified atom stereocenters. The van der Waals surface area contributed by atoms with E-state index in [2.05, 4.69) is 21.2 Å². The molecule has 6 heteroatoms. The van der Waals surface area contributed by atoms with Gasteiger partial charge < -0.3 is 11.1 Å². The number of hydrogen-bond donors (Lipinski definition) is 2. The van der Waals surface area contributed by atoms with Gasteiger partial charge in [0.1, 0.15) is 0 Å². The maximum atomic E-state index is 11.8. The molecule has 0 fully saturated rings. The lowest BCUT2D eigenvalue weighted by Crippen LogP contribution is -2.35. The predicted octanol–water partition coefficient (Wildman–Crippen LogP) is 2.90. The van der Waals surface area contributed by atoms with E-state index >= 15 is 0 Å². The summed E-state index contributed by atoms with van der Waals surface area (Å²) in [5.74, 6) is -0.175. The molecule has 3 N–H and O–H groups in total. The van der Waals surface area contributed by atoms with Gasteiger partial charge in [0.15, 0.2) is 0 Å². The van der Waals surface area contributed by atoms with Crippen molar-refractivity contribution in [3.63, 3.8) is 0 Å². The molecule has 0 saturated carbocycles. The third kappa shape index (κ3) is 4.61. The fourth-order valence-corrected chi connectivity index (χ4v) is 2.04. The van der Waals surface area contributed by atoms with E-state index in [0.717, 1.165) is 0 Å². The lowest BCUT2D eigenvalue weighted by molar-refractivity contribution is 0.0941. The summed E-state index contributed by atoms with van der Waals surface area (Å²) in [7, 11) is 0. The van der Waals surface area contributed by atoms with Gasteiger partial charge in [-0.1, -0.05) is 23.8 Å². The first kappa shape index (κ1) is 14.4. The molecule has 0 spiro atoms. The zero-order valence-electron chi connectivity index (χ0n) is 9.17. The van der Waals surface area contributed by atoms with Crippen LogP contribution in [0, 0.1) is 0 Å². The molecule has 0 aromatic heterocycles. The summed E-state index contributed by atoms with van der Waals surface area (Å²) in [6, 6.07) is 4.91. The number of thiocarbonyl (C=S) groups is 1. The molecule has 1 aromatic carbocycles. The Hall–Kier alpha value is -0.650. The highest BCUT2D eigenvalue weighted by atomic mass is 79.9. The molecule has 0 saturated heterocycles. The molecule has 92 valence electrons. The van der Waals surface area contributed by atoms with Gasteiger partial charge in [-0.3, -0.25) is 4.79 Å². The normalized spacial score (nSPS) is 11.9. The first-order valence-electron chi connectivity index (χ1n) is 4.94. The van der Waals surface area contributed by atoms with Crippen LogP contribution >= 0.6 is 39.7 Å². The third-order valence-corrected chi connectivity index (χ3v) is 3.45. The van der Waals surface area contributed by atoms with Gasteiger partial charge in [0.25, 0.3) is 5.91 Å². The second-order valence-corrected chi connectivity index (χ2v) is 5.46. The Morgan fingerprint density at radius 3 is 2.82 bits per heavy atom. The summed E-state index contributed by atoms with van der Waals surface area (Å²) >= 11 is 13.9. The molecular formula is C11H12BrClN2OS. The number of nitrogens with two attached hydrogens (primary N) is 1. The Morgan fingerprint density at radius 2 is 2.29 bits per heavy atom. The first-order valence-corrected chi connectivity index (χ1v) is 6.52. The Bertz CT molecular complexity index is 453. The van der Waals surface area contributed by atoms with Crippen LogP contribution in [0.2, 0.25) is 5.02 Å². The van der Waals surface area contributed by atoms with E-state index in [4.69, 9.17) is 29.6 Å². The molecule has 0 heterocycles. The summed E-state index contributed by atoms with van der Waals surface area (Å²) < 4.78 is 0.689. The highest BCUT2D eigenvalue weighted by Crippen LogP contribution is 2.23. The number of amides is 1. The van der Waals surface area contributed by atoms with Crippen LogP contribution in [0.1, 0.15) is 23.7 Å². The number of nitrogens with one attached hydrogen (secondary N) is 1. The molecule has 0 aliphatic carbocycles. The Kier molecular flexibility index (Phi) is 5.36. The molecule has 1 amide bonds. The number of benzene rings is 1. The van der Waals surface area contributed by atoms with Gasteiger partial charge in [-0.15, -0.1) is 0 Å². The SMILES string of the molecule is CC(CC(N)=S)NC(=O)c1ccc(Cl)c(Br)c1. The van der Waals surface area contributed by atoms with Crippen molar-refractivity contribution >= 4 is 50.6 Å². The molecule has 0 aliphatic heterocycles. The van der Waals surface area contributed by atoms with Crippen molar-refractivity contribution in [2.75, 3.05) is 0 Å². The number of hydrogen-bond acceptors (Lipinski definition) is 2. The van der Waals surface area contributed by atoms with Crippen molar-refractivity contribution in [2.45, 2.75) is 19.4 Å². The molecule has 1 atom stereocenters. The Balaban J connectivity index is 2.70.